The molecule has 3 aliphatic heterocycles. The van der Waals surface area contributed by atoms with Gasteiger partial charge in [0.1, 0.15) is 18.4 Å². The molecular weight excluding hydrogens is 404 g/mol. The maximum Gasteiger partial charge on any atom is 0.245 e. The molecule has 0 spiro atoms. The first-order valence-corrected chi connectivity index (χ1v) is 11.5. The molecule has 2 fully saturated rings. The Bertz CT molecular complexity index is 972. The number of nitrogens with zero attached hydrogens (tertiary/aromatic N) is 3. The number of amides is 2. The lowest BCUT2D eigenvalue weighted by Gasteiger charge is -2.36. The molecule has 0 bridgehead atoms. The van der Waals surface area contributed by atoms with E-state index < -0.39 is 6.04 Å². The van der Waals surface area contributed by atoms with E-state index in [2.05, 4.69) is 57.6 Å². The van der Waals surface area contributed by atoms with Crippen molar-refractivity contribution in [2.45, 2.75) is 32.0 Å². The standard InChI is InChI=1S/C25H30N4O3/c30-24-9-7-22(26-24)25(31)29-14-15-32-23-8-6-19(16-20(23)18-29)17-27-10-12-28(13-11-27)21-4-2-1-3-5-21/h1-6,8,16,22H,7,9-15,17-18H2,(H,26,30)/t22-/m1/s1. The quantitative estimate of drug-likeness (QED) is 0.798. The lowest BCUT2D eigenvalue weighted by Crippen LogP contribution is -2.46. The van der Waals surface area contributed by atoms with E-state index in [1.54, 1.807) is 0 Å². The number of carbonyl (C=O) groups excluding carboxylic acids is 2. The Labute approximate surface area is 188 Å². The molecule has 32 heavy (non-hydrogen) atoms. The van der Waals surface area contributed by atoms with Crippen LogP contribution in [0.25, 0.3) is 0 Å². The predicted octanol–water partition coefficient (Wildman–Crippen LogP) is 2.01. The molecule has 0 unspecified atom stereocenters. The summed E-state index contributed by atoms with van der Waals surface area (Å²) in [4.78, 5) is 31.2. The van der Waals surface area contributed by atoms with Gasteiger partial charge in [-0.1, -0.05) is 24.3 Å². The number of benzene rings is 2. The highest BCUT2D eigenvalue weighted by molar-refractivity contribution is 5.90. The molecule has 7 nitrogen and oxygen atoms in total. The number of carbonyl (C=O) groups is 2. The third-order valence-electron chi connectivity index (χ3n) is 6.61. The maximum atomic E-state index is 12.9. The van der Waals surface area contributed by atoms with E-state index in [1.165, 1.54) is 11.3 Å². The topological polar surface area (TPSA) is 65.1 Å². The molecule has 0 aliphatic carbocycles. The van der Waals surface area contributed by atoms with E-state index in [9.17, 15) is 9.59 Å². The molecule has 3 heterocycles. The summed E-state index contributed by atoms with van der Waals surface area (Å²) in [6.45, 7) is 6.51. The second-order valence-electron chi connectivity index (χ2n) is 8.81. The summed E-state index contributed by atoms with van der Waals surface area (Å²) in [5.41, 5.74) is 3.57. The second kappa shape index (κ2) is 9.20. The van der Waals surface area contributed by atoms with Crippen molar-refractivity contribution in [3.8, 4) is 5.75 Å². The normalized spacial score (nSPS) is 21.5. The molecule has 2 amide bonds. The van der Waals surface area contributed by atoms with Gasteiger partial charge in [-0.05, 0) is 36.2 Å². The van der Waals surface area contributed by atoms with Crippen LogP contribution in [0.4, 0.5) is 5.69 Å². The van der Waals surface area contributed by atoms with E-state index in [4.69, 9.17) is 4.74 Å². The Kier molecular flexibility index (Phi) is 5.99. The summed E-state index contributed by atoms with van der Waals surface area (Å²) in [5, 5.41) is 2.79. The van der Waals surface area contributed by atoms with Crippen molar-refractivity contribution in [2.75, 3.05) is 44.2 Å². The zero-order chi connectivity index (χ0) is 21.9. The van der Waals surface area contributed by atoms with Gasteiger partial charge in [0.15, 0.2) is 0 Å². The summed E-state index contributed by atoms with van der Waals surface area (Å²) >= 11 is 0. The minimum absolute atomic E-state index is 0.00487. The number of nitrogens with one attached hydrogen (secondary N) is 1. The lowest BCUT2D eigenvalue weighted by atomic mass is 10.1. The number of hydrogen-bond acceptors (Lipinski definition) is 5. The van der Waals surface area contributed by atoms with E-state index >= 15 is 0 Å². The van der Waals surface area contributed by atoms with E-state index in [1.807, 2.05) is 11.0 Å². The highest BCUT2D eigenvalue weighted by Crippen LogP contribution is 2.26. The average molecular weight is 435 g/mol. The molecule has 1 N–H and O–H groups in total. The molecule has 0 saturated carbocycles. The van der Waals surface area contributed by atoms with Gasteiger partial charge in [-0.3, -0.25) is 14.5 Å². The van der Waals surface area contributed by atoms with Gasteiger partial charge in [0.2, 0.25) is 11.8 Å². The Morgan fingerprint density at radius 2 is 1.84 bits per heavy atom. The molecule has 0 radical (unpaired) electrons. The van der Waals surface area contributed by atoms with Crippen LogP contribution in [-0.4, -0.2) is 67.0 Å². The van der Waals surface area contributed by atoms with Gasteiger partial charge in [-0.25, -0.2) is 0 Å². The number of piperazine rings is 1. The van der Waals surface area contributed by atoms with Crippen molar-refractivity contribution in [1.29, 1.82) is 0 Å². The minimum Gasteiger partial charge on any atom is -0.491 e. The number of anilines is 1. The van der Waals surface area contributed by atoms with E-state index in [0.717, 1.165) is 44.0 Å². The van der Waals surface area contributed by atoms with Crippen LogP contribution in [0.15, 0.2) is 48.5 Å². The van der Waals surface area contributed by atoms with Crippen LogP contribution in [-0.2, 0) is 22.7 Å². The zero-order valence-electron chi connectivity index (χ0n) is 18.3. The minimum atomic E-state index is -0.395. The molecule has 2 aromatic carbocycles. The predicted molar refractivity (Wildman–Crippen MR) is 122 cm³/mol. The van der Waals surface area contributed by atoms with Crippen molar-refractivity contribution in [3.05, 3.63) is 59.7 Å². The summed E-state index contributed by atoms with van der Waals surface area (Å²) < 4.78 is 5.92. The van der Waals surface area contributed by atoms with E-state index in [0.29, 0.717) is 32.5 Å². The number of rotatable bonds is 4. The SMILES string of the molecule is O=C1CC[C@H](C(=O)N2CCOc3ccc(CN4CCN(c5ccccc5)CC4)cc3C2)N1. The smallest absolute Gasteiger partial charge is 0.245 e. The molecule has 1 atom stereocenters. The average Bonchev–Trinajstić information content (AvgIpc) is 3.15. The van der Waals surface area contributed by atoms with Gasteiger partial charge in [-0.15, -0.1) is 0 Å². The molecule has 0 aromatic heterocycles. The Morgan fingerprint density at radius 1 is 1.03 bits per heavy atom. The third-order valence-corrected chi connectivity index (χ3v) is 6.61. The number of hydrogen-bond donors (Lipinski definition) is 1. The van der Waals surface area contributed by atoms with Crippen LogP contribution in [0.3, 0.4) is 0 Å². The van der Waals surface area contributed by atoms with Crippen LogP contribution >= 0.6 is 0 Å². The fourth-order valence-corrected chi connectivity index (χ4v) is 4.81. The number of para-hydroxylation sites is 1. The first-order chi connectivity index (χ1) is 15.7. The van der Waals surface area contributed by atoms with Gasteiger partial charge in [0.25, 0.3) is 0 Å². The van der Waals surface area contributed by atoms with Crippen molar-refractivity contribution < 1.29 is 14.3 Å². The lowest BCUT2D eigenvalue weighted by molar-refractivity contribution is -0.135. The van der Waals surface area contributed by atoms with Crippen molar-refractivity contribution >= 4 is 17.5 Å². The summed E-state index contributed by atoms with van der Waals surface area (Å²) in [6.07, 6.45) is 1.01. The largest absolute Gasteiger partial charge is 0.491 e. The van der Waals surface area contributed by atoms with Crippen LogP contribution in [0.1, 0.15) is 24.0 Å². The van der Waals surface area contributed by atoms with Crippen LogP contribution in [0, 0.1) is 0 Å². The fourth-order valence-electron chi connectivity index (χ4n) is 4.81. The monoisotopic (exact) mass is 434 g/mol. The maximum absolute atomic E-state index is 12.9. The summed E-state index contributed by atoms with van der Waals surface area (Å²) in [5.74, 6) is 0.813. The summed E-state index contributed by atoms with van der Waals surface area (Å²) in [6, 6.07) is 16.5. The van der Waals surface area contributed by atoms with Crippen molar-refractivity contribution in [3.63, 3.8) is 0 Å². The van der Waals surface area contributed by atoms with E-state index in [-0.39, 0.29) is 11.8 Å². The highest BCUT2D eigenvalue weighted by Gasteiger charge is 2.32. The van der Waals surface area contributed by atoms with Gasteiger partial charge < -0.3 is 19.9 Å². The van der Waals surface area contributed by atoms with Crippen LogP contribution in [0.5, 0.6) is 5.75 Å². The van der Waals surface area contributed by atoms with Crippen LogP contribution < -0.4 is 15.0 Å². The highest BCUT2D eigenvalue weighted by atomic mass is 16.5. The summed E-state index contributed by atoms with van der Waals surface area (Å²) in [7, 11) is 0. The second-order valence-corrected chi connectivity index (χ2v) is 8.81. The zero-order valence-corrected chi connectivity index (χ0v) is 18.3. The molecule has 2 aromatic rings. The Balaban J connectivity index is 1.21. The van der Waals surface area contributed by atoms with Gasteiger partial charge in [0, 0.05) is 56.9 Å². The Morgan fingerprint density at radius 3 is 2.59 bits per heavy atom. The molecule has 5 rings (SSSR count). The molecule has 168 valence electrons. The molecule has 3 aliphatic rings. The number of fused-ring (bicyclic) bond motifs is 1. The Hall–Kier alpha value is -3.06. The van der Waals surface area contributed by atoms with Crippen molar-refractivity contribution in [2.24, 2.45) is 0 Å². The first-order valence-electron chi connectivity index (χ1n) is 11.5. The molecule has 2 saturated heterocycles. The first kappa shape index (κ1) is 20.8. The van der Waals surface area contributed by atoms with Gasteiger partial charge in [-0.2, -0.15) is 0 Å². The molecular formula is C25H30N4O3. The van der Waals surface area contributed by atoms with Gasteiger partial charge >= 0.3 is 0 Å². The van der Waals surface area contributed by atoms with Gasteiger partial charge in [0.05, 0.1) is 6.54 Å². The third kappa shape index (κ3) is 4.58. The van der Waals surface area contributed by atoms with Crippen molar-refractivity contribution in [1.82, 2.24) is 15.1 Å². The number of ether oxygens (including phenoxy) is 1. The molecule has 7 heteroatoms. The van der Waals surface area contributed by atoms with Crippen LogP contribution in [0.2, 0.25) is 0 Å². The fraction of sp³-hybridized carbons (Fsp3) is 0.440.